The molecule has 0 bridgehead atoms. The lowest BCUT2D eigenvalue weighted by atomic mass is 9.93. The second-order valence-electron chi connectivity index (χ2n) is 9.24. The molecule has 4 aromatic rings. The summed E-state index contributed by atoms with van der Waals surface area (Å²) in [7, 11) is 0. The molecule has 0 atom stereocenters. The van der Waals surface area contributed by atoms with Crippen molar-refractivity contribution in [2.24, 2.45) is 0 Å². The van der Waals surface area contributed by atoms with Crippen molar-refractivity contribution in [3.05, 3.63) is 48.4 Å². The first-order valence-electron chi connectivity index (χ1n) is 10.7. The summed E-state index contributed by atoms with van der Waals surface area (Å²) in [4.78, 5) is 20.8. The average Bonchev–Trinajstić information content (AvgIpc) is 3.34. The van der Waals surface area contributed by atoms with Crippen molar-refractivity contribution < 1.29 is 13.7 Å². The van der Waals surface area contributed by atoms with Crippen molar-refractivity contribution in [3.8, 4) is 11.1 Å². The van der Waals surface area contributed by atoms with Crippen LogP contribution in [0, 0.1) is 5.82 Å². The van der Waals surface area contributed by atoms with E-state index < -0.39 is 11.8 Å². The third-order valence-corrected chi connectivity index (χ3v) is 5.60. The van der Waals surface area contributed by atoms with Gasteiger partial charge in [-0.1, -0.05) is 32.0 Å². The molecule has 10 heteroatoms. The molecular formula is C23H24FN7O2. The molecule has 0 saturated heterocycles. The molecule has 1 aromatic carbocycles. The number of nitrogens with two attached hydrogens (primary N) is 1. The van der Waals surface area contributed by atoms with Gasteiger partial charge in [-0.3, -0.25) is 5.32 Å². The Hall–Kier alpha value is -3.95. The summed E-state index contributed by atoms with van der Waals surface area (Å²) in [5.41, 5.74) is 8.03. The maximum Gasteiger partial charge on any atom is 0.325 e. The molecule has 1 aliphatic carbocycles. The lowest BCUT2D eigenvalue weighted by molar-refractivity contribution is 0.261. The molecule has 1 aliphatic rings. The quantitative estimate of drug-likeness (QED) is 0.399. The van der Waals surface area contributed by atoms with Gasteiger partial charge in [0.05, 0.1) is 11.1 Å². The standard InChI is InChI=1S/C23H24FN7O2/c1-23(2,3)17-9-18(30-33-17)29-22(32)28-16-7-4-12(8-15(16)24)14-10-31(13-5-6-13)21-19(14)20(25)26-11-27-21/h4,7-11,13H,5-6H2,1-3H3,(H2,25,26,27)(H2,28,29,30,32). The van der Waals surface area contributed by atoms with Crippen molar-refractivity contribution in [3.63, 3.8) is 0 Å². The molecule has 170 valence electrons. The van der Waals surface area contributed by atoms with E-state index >= 15 is 0 Å². The Labute approximate surface area is 189 Å². The summed E-state index contributed by atoms with van der Waals surface area (Å²) in [5.74, 6) is 0.638. The lowest BCUT2D eigenvalue weighted by Gasteiger charge is -2.12. The molecule has 4 N–H and O–H groups in total. The number of hydrogen-bond donors (Lipinski definition) is 3. The first-order chi connectivity index (χ1) is 15.7. The van der Waals surface area contributed by atoms with Crippen LogP contribution in [0.3, 0.4) is 0 Å². The van der Waals surface area contributed by atoms with E-state index in [4.69, 9.17) is 10.3 Å². The van der Waals surface area contributed by atoms with Crippen LogP contribution in [0.15, 0.2) is 41.3 Å². The Bertz CT molecular complexity index is 1370. The fourth-order valence-electron chi connectivity index (χ4n) is 3.70. The number of amides is 2. The maximum absolute atomic E-state index is 14.9. The molecule has 3 heterocycles. The number of urea groups is 1. The summed E-state index contributed by atoms with van der Waals surface area (Å²) in [6.07, 6.45) is 5.52. The van der Waals surface area contributed by atoms with Gasteiger partial charge in [0.25, 0.3) is 0 Å². The summed E-state index contributed by atoms with van der Waals surface area (Å²) in [6, 6.07) is 5.99. The lowest BCUT2D eigenvalue weighted by Crippen LogP contribution is -2.20. The van der Waals surface area contributed by atoms with E-state index in [1.165, 1.54) is 18.5 Å². The average molecular weight is 449 g/mol. The molecule has 5 rings (SSSR count). The minimum absolute atomic E-state index is 0.0333. The third-order valence-electron chi connectivity index (χ3n) is 5.60. The molecule has 1 saturated carbocycles. The molecule has 3 aromatic heterocycles. The zero-order valence-corrected chi connectivity index (χ0v) is 18.5. The highest BCUT2D eigenvalue weighted by Gasteiger charge is 2.28. The van der Waals surface area contributed by atoms with Gasteiger partial charge in [0.1, 0.15) is 29.4 Å². The van der Waals surface area contributed by atoms with Crippen molar-refractivity contribution in [1.29, 1.82) is 0 Å². The highest BCUT2D eigenvalue weighted by Crippen LogP contribution is 2.42. The van der Waals surface area contributed by atoms with Crippen LogP contribution in [0.1, 0.15) is 45.4 Å². The maximum atomic E-state index is 14.9. The van der Waals surface area contributed by atoms with Crippen molar-refractivity contribution >= 4 is 34.4 Å². The van der Waals surface area contributed by atoms with Crippen LogP contribution in [0.25, 0.3) is 22.2 Å². The number of fused-ring (bicyclic) bond motifs is 1. The number of rotatable bonds is 4. The van der Waals surface area contributed by atoms with Gasteiger partial charge in [0.2, 0.25) is 0 Å². The van der Waals surface area contributed by atoms with E-state index in [0.29, 0.717) is 28.6 Å². The summed E-state index contributed by atoms with van der Waals surface area (Å²) in [6.45, 7) is 5.91. The summed E-state index contributed by atoms with van der Waals surface area (Å²) >= 11 is 0. The van der Waals surface area contributed by atoms with Gasteiger partial charge < -0.3 is 20.1 Å². The van der Waals surface area contributed by atoms with Gasteiger partial charge in [0, 0.05) is 29.3 Å². The second kappa shape index (κ2) is 7.58. The Balaban J connectivity index is 1.38. The van der Waals surface area contributed by atoms with Crippen molar-refractivity contribution in [1.82, 2.24) is 19.7 Å². The SMILES string of the molecule is CC(C)(C)c1cc(NC(=O)Nc2ccc(-c3cn(C4CC4)c4ncnc(N)c34)cc2F)no1. The van der Waals surface area contributed by atoms with Crippen LogP contribution < -0.4 is 16.4 Å². The van der Waals surface area contributed by atoms with Gasteiger partial charge in [-0.25, -0.2) is 19.2 Å². The molecule has 0 radical (unpaired) electrons. The number of aromatic nitrogens is 4. The van der Waals surface area contributed by atoms with Crippen LogP contribution in [0.5, 0.6) is 0 Å². The number of hydrogen-bond acceptors (Lipinski definition) is 6. The fourth-order valence-corrected chi connectivity index (χ4v) is 3.70. The van der Waals surface area contributed by atoms with Crippen LogP contribution in [-0.2, 0) is 5.41 Å². The zero-order valence-electron chi connectivity index (χ0n) is 18.5. The predicted molar refractivity (Wildman–Crippen MR) is 123 cm³/mol. The Morgan fingerprint density at radius 3 is 2.67 bits per heavy atom. The van der Waals surface area contributed by atoms with E-state index in [1.807, 2.05) is 27.0 Å². The number of carbonyl (C=O) groups is 1. The van der Waals surface area contributed by atoms with Crippen LogP contribution >= 0.6 is 0 Å². The van der Waals surface area contributed by atoms with Gasteiger partial charge in [-0.2, -0.15) is 0 Å². The molecule has 2 amide bonds. The Morgan fingerprint density at radius 1 is 1.21 bits per heavy atom. The van der Waals surface area contributed by atoms with Gasteiger partial charge in [-0.15, -0.1) is 0 Å². The smallest absolute Gasteiger partial charge is 0.325 e. The topological polar surface area (TPSA) is 124 Å². The number of halogens is 1. The number of benzene rings is 1. The predicted octanol–water partition coefficient (Wildman–Crippen LogP) is 5.08. The van der Waals surface area contributed by atoms with E-state index in [1.54, 1.807) is 12.1 Å². The summed E-state index contributed by atoms with van der Waals surface area (Å²) in [5, 5.41) is 9.59. The minimum Gasteiger partial charge on any atom is -0.383 e. The molecule has 9 nitrogen and oxygen atoms in total. The van der Waals surface area contributed by atoms with Crippen molar-refractivity contribution in [2.45, 2.75) is 45.1 Å². The highest BCUT2D eigenvalue weighted by molar-refractivity contribution is 6.02. The number of anilines is 3. The van der Waals surface area contributed by atoms with Crippen LogP contribution in [0.2, 0.25) is 0 Å². The molecule has 0 unspecified atom stereocenters. The molecule has 0 spiro atoms. The normalized spacial score (nSPS) is 13.9. The van der Waals surface area contributed by atoms with Gasteiger partial charge in [0.15, 0.2) is 5.82 Å². The zero-order chi connectivity index (χ0) is 23.3. The van der Waals surface area contributed by atoms with E-state index in [9.17, 15) is 9.18 Å². The Morgan fingerprint density at radius 2 is 2.00 bits per heavy atom. The second-order valence-corrected chi connectivity index (χ2v) is 9.24. The van der Waals surface area contributed by atoms with Gasteiger partial charge >= 0.3 is 6.03 Å². The molecule has 0 aliphatic heterocycles. The minimum atomic E-state index is -0.626. The monoisotopic (exact) mass is 449 g/mol. The van der Waals surface area contributed by atoms with Gasteiger partial charge in [-0.05, 0) is 30.5 Å². The molecule has 33 heavy (non-hydrogen) atoms. The van der Waals surface area contributed by atoms with Crippen LogP contribution in [-0.4, -0.2) is 25.7 Å². The number of nitrogens with zero attached hydrogens (tertiary/aromatic N) is 4. The molecular weight excluding hydrogens is 425 g/mol. The third kappa shape index (κ3) is 3.99. The number of nitrogen functional groups attached to an aromatic ring is 1. The van der Waals surface area contributed by atoms with E-state index in [0.717, 1.165) is 24.1 Å². The van der Waals surface area contributed by atoms with E-state index in [2.05, 4.69) is 30.3 Å². The van der Waals surface area contributed by atoms with Crippen molar-refractivity contribution in [2.75, 3.05) is 16.4 Å². The first kappa shape index (κ1) is 20.9. The number of nitrogens with one attached hydrogen (secondary N) is 2. The summed E-state index contributed by atoms with van der Waals surface area (Å²) < 4.78 is 22.2. The largest absolute Gasteiger partial charge is 0.383 e. The first-order valence-corrected chi connectivity index (χ1v) is 10.7. The Kier molecular flexibility index (Phi) is 4.80. The fraction of sp³-hybridized carbons (Fsp3) is 0.304. The van der Waals surface area contributed by atoms with Crippen LogP contribution in [0.4, 0.5) is 26.5 Å². The highest BCUT2D eigenvalue weighted by atomic mass is 19.1. The number of carbonyl (C=O) groups excluding carboxylic acids is 1. The molecule has 1 fully saturated rings. The van der Waals surface area contributed by atoms with E-state index in [-0.39, 0.29) is 16.9 Å².